The van der Waals surface area contributed by atoms with Gasteiger partial charge in [0.15, 0.2) is 0 Å². The van der Waals surface area contributed by atoms with Crippen molar-refractivity contribution in [2.24, 2.45) is 7.05 Å². The molecule has 1 heterocycles. The van der Waals surface area contributed by atoms with Crippen LogP contribution in [0.25, 0.3) is 11.3 Å². The minimum absolute atomic E-state index is 0.0651. The Labute approximate surface area is 130 Å². The summed E-state index contributed by atoms with van der Waals surface area (Å²) in [5.74, 6) is -0.485. The zero-order chi connectivity index (χ0) is 16.1. The molecule has 116 valence electrons. The second-order valence-corrected chi connectivity index (χ2v) is 5.20. The standard InChI is InChI=1S/C17H20N2O3/c1-18(2)16(20)11-12-22-17(21)15-10-9-14(19(15)3)13-7-5-4-6-8-13/h4-10H,11-12H2,1-3H3. The summed E-state index contributed by atoms with van der Waals surface area (Å²) in [6.45, 7) is 0.0850. The first-order valence-electron chi connectivity index (χ1n) is 7.09. The van der Waals surface area contributed by atoms with Gasteiger partial charge >= 0.3 is 5.97 Å². The van der Waals surface area contributed by atoms with Gasteiger partial charge < -0.3 is 14.2 Å². The van der Waals surface area contributed by atoms with Crippen LogP contribution in [0.5, 0.6) is 0 Å². The summed E-state index contributed by atoms with van der Waals surface area (Å²) in [5, 5.41) is 0. The van der Waals surface area contributed by atoms with Crippen LogP contribution in [-0.4, -0.2) is 42.0 Å². The first-order valence-corrected chi connectivity index (χ1v) is 7.09. The SMILES string of the molecule is CN(C)C(=O)CCOC(=O)c1ccc(-c2ccccc2)n1C. The third kappa shape index (κ3) is 3.55. The van der Waals surface area contributed by atoms with Crippen molar-refractivity contribution >= 4 is 11.9 Å². The summed E-state index contributed by atoms with van der Waals surface area (Å²) in [6.07, 6.45) is 0.189. The topological polar surface area (TPSA) is 51.5 Å². The first kappa shape index (κ1) is 15.8. The van der Waals surface area contributed by atoms with Gasteiger partial charge in [-0.05, 0) is 17.7 Å². The van der Waals surface area contributed by atoms with Crippen LogP contribution < -0.4 is 0 Å². The normalized spacial score (nSPS) is 10.3. The second kappa shape index (κ2) is 6.93. The van der Waals surface area contributed by atoms with Crippen LogP contribution in [-0.2, 0) is 16.6 Å². The molecule has 0 fully saturated rings. The van der Waals surface area contributed by atoms with Crippen LogP contribution in [0.3, 0.4) is 0 Å². The predicted molar refractivity (Wildman–Crippen MR) is 84.4 cm³/mol. The Morgan fingerprint density at radius 3 is 2.41 bits per heavy atom. The van der Waals surface area contributed by atoms with Crippen LogP contribution in [0.4, 0.5) is 0 Å². The van der Waals surface area contributed by atoms with Gasteiger partial charge in [0, 0.05) is 26.8 Å². The molecule has 2 aromatic rings. The molecule has 5 nitrogen and oxygen atoms in total. The van der Waals surface area contributed by atoms with Gasteiger partial charge in [0.05, 0.1) is 6.42 Å². The fraction of sp³-hybridized carbons (Fsp3) is 0.294. The lowest BCUT2D eigenvalue weighted by Crippen LogP contribution is -2.23. The fourth-order valence-corrected chi connectivity index (χ4v) is 2.14. The van der Waals surface area contributed by atoms with E-state index in [0.29, 0.717) is 5.69 Å². The highest BCUT2D eigenvalue weighted by molar-refractivity contribution is 5.89. The highest BCUT2D eigenvalue weighted by Crippen LogP contribution is 2.21. The third-order valence-electron chi connectivity index (χ3n) is 3.45. The van der Waals surface area contributed by atoms with E-state index in [4.69, 9.17) is 4.74 Å². The van der Waals surface area contributed by atoms with Crippen LogP contribution >= 0.6 is 0 Å². The summed E-state index contributed by atoms with van der Waals surface area (Å²) in [5.41, 5.74) is 2.44. The molecule has 0 aliphatic heterocycles. The average molecular weight is 300 g/mol. The lowest BCUT2D eigenvalue weighted by molar-refractivity contribution is -0.129. The van der Waals surface area contributed by atoms with Gasteiger partial charge in [-0.1, -0.05) is 30.3 Å². The van der Waals surface area contributed by atoms with Crippen molar-refractivity contribution in [3.05, 3.63) is 48.2 Å². The van der Waals surface area contributed by atoms with Crippen molar-refractivity contribution in [1.29, 1.82) is 0 Å². The maximum Gasteiger partial charge on any atom is 0.354 e. The molecule has 1 aromatic heterocycles. The number of esters is 1. The van der Waals surface area contributed by atoms with Crippen LogP contribution in [0.15, 0.2) is 42.5 Å². The van der Waals surface area contributed by atoms with Crippen molar-refractivity contribution < 1.29 is 14.3 Å². The van der Waals surface area contributed by atoms with Crippen molar-refractivity contribution in [2.75, 3.05) is 20.7 Å². The van der Waals surface area contributed by atoms with Crippen LogP contribution in [0.2, 0.25) is 0 Å². The van der Waals surface area contributed by atoms with E-state index >= 15 is 0 Å². The molecule has 1 aromatic carbocycles. The van der Waals surface area contributed by atoms with E-state index in [1.54, 1.807) is 24.7 Å². The first-order chi connectivity index (χ1) is 10.5. The number of ether oxygens (including phenoxy) is 1. The Kier molecular flexibility index (Phi) is 4.99. The molecule has 22 heavy (non-hydrogen) atoms. The van der Waals surface area contributed by atoms with E-state index in [9.17, 15) is 9.59 Å². The monoisotopic (exact) mass is 300 g/mol. The zero-order valence-corrected chi connectivity index (χ0v) is 13.1. The Hall–Kier alpha value is -2.56. The van der Waals surface area contributed by atoms with Gasteiger partial charge in [-0.2, -0.15) is 0 Å². The number of nitrogens with zero attached hydrogens (tertiary/aromatic N) is 2. The molecular formula is C17H20N2O3. The van der Waals surface area contributed by atoms with Gasteiger partial charge in [0.1, 0.15) is 12.3 Å². The summed E-state index contributed by atoms with van der Waals surface area (Å²) in [7, 11) is 5.17. The quantitative estimate of drug-likeness (QED) is 0.796. The molecule has 0 aliphatic rings. The van der Waals surface area contributed by atoms with Crippen molar-refractivity contribution in [3.63, 3.8) is 0 Å². The molecule has 5 heteroatoms. The highest BCUT2D eigenvalue weighted by Gasteiger charge is 2.15. The van der Waals surface area contributed by atoms with Crippen molar-refractivity contribution in [3.8, 4) is 11.3 Å². The number of carbonyl (C=O) groups excluding carboxylic acids is 2. The molecule has 0 saturated heterocycles. The Morgan fingerprint density at radius 1 is 1.09 bits per heavy atom. The summed E-state index contributed by atoms with van der Waals surface area (Å²) in [4.78, 5) is 25.0. The maximum absolute atomic E-state index is 12.1. The number of hydrogen-bond acceptors (Lipinski definition) is 3. The minimum atomic E-state index is -0.420. The molecule has 0 unspecified atom stereocenters. The van der Waals surface area contributed by atoms with E-state index in [-0.39, 0.29) is 18.9 Å². The van der Waals surface area contributed by atoms with E-state index in [0.717, 1.165) is 11.3 Å². The summed E-state index contributed by atoms with van der Waals surface area (Å²) < 4.78 is 6.97. The maximum atomic E-state index is 12.1. The van der Waals surface area contributed by atoms with Gasteiger partial charge in [0.25, 0.3) is 0 Å². The van der Waals surface area contributed by atoms with Crippen molar-refractivity contribution in [2.45, 2.75) is 6.42 Å². The number of amides is 1. The molecule has 0 spiro atoms. The Morgan fingerprint density at radius 2 is 1.77 bits per heavy atom. The van der Waals surface area contributed by atoms with Crippen LogP contribution in [0.1, 0.15) is 16.9 Å². The number of rotatable bonds is 5. The molecule has 0 N–H and O–H groups in total. The molecule has 2 rings (SSSR count). The Bertz CT molecular complexity index is 660. The van der Waals surface area contributed by atoms with Crippen molar-refractivity contribution in [1.82, 2.24) is 9.47 Å². The fourth-order valence-electron chi connectivity index (χ4n) is 2.14. The lowest BCUT2D eigenvalue weighted by Gasteiger charge is -2.11. The number of carbonyl (C=O) groups is 2. The average Bonchev–Trinajstić information content (AvgIpc) is 2.89. The minimum Gasteiger partial charge on any atom is -0.460 e. The van der Waals surface area contributed by atoms with E-state index in [1.807, 2.05) is 43.4 Å². The number of benzene rings is 1. The number of aromatic nitrogens is 1. The van der Waals surface area contributed by atoms with Gasteiger partial charge in [-0.25, -0.2) is 4.79 Å². The van der Waals surface area contributed by atoms with Gasteiger partial charge in [-0.15, -0.1) is 0 Å². The lowest BCUT2D eigenvalue weighted by atomic mass is 10.2. The zero-order valence-electron chi connectivity index (χ0n) is 13.1. The van der Waals surface area contributed by atoms with Gasteiger partial charge in [0.2, 0.25) is 5.91 Å². The van der Waals surface area contributed by atoms with E-state index in [2.05, 4.69) is 0 Å². The molecule has 0 radical (unpaired) electrons. The molecule has 1 amide bonds. The van der Waals surface area contributed by atoms with Gasteiger partial charge in [-0.3, -0.25) is 4.79 Å². The molecular weight excluding hydrogens is 280 g/mol. The van der Waals surface area contributed by atoms with E-state index in [1.165, 1.54) is 4.90 Å². The largest absolute Gasteiger partial charge is 0.460 e. The molecule has 0 saturated carbocycles. The third-order valence-corrected chi connectivity index (χ3v) is 3.45. The molecule has 0 bridgehead atoms. The predicted octanol–water partition coefficient (Wildman–Crippen LogP) is 2.33. The number of hydrogen-bond donors (Lipinski definition) is 0. The highest BCUT2D eigenvalue weighted by atomic mass is 16.5. The Balaban J connectivity index is 2.03. The smallest absolute Gasteiger partial charge is 0.354 e. The summed E-state index contributed by atoms with van der Waals surface area (Å²) >= 11 is 0. The molecule has 0 aliphatic carbocycles. The van der Waals surface area contributed by atoms with Crippen LogP contribution in [0, 0.1) is 0 Å². The van der Waals surface area contributed by atoms with E-state index < -0.39 is 5.97 Å². The second-order valence-electron chi connectivity index (χ2n) is 5.20. The molecule has 0 atom stereocenters. The summed E-state index contributed by atoms with van der Waals surface area (Å²) in [6, 6.07) is 13.4.